The molecule has 24 nitrogen and oxygen atoms in total. The van der Waals surface area contributed by atoms with Crippen LogP contribution in [0.1, 0.15) is 291 Å². The molecule has 11 N–H and O–H groups in total. The van der Waals surface area contributed by atoms with Gasteiger partial charge in [0.15, 0.2) is 18.7 Å². The van der Waals surface area contributed by atoms with E-state index >= 15 is 0 Å². The number of phosphoric ester groups is 1. The molecule has 3 rings (SSSR count). The zero-order valence-corrected chi connectivity index (χ0v) is 61.6. The molecule has 580 valence electrons. The van der Waals surface area contributed by atoms with Gasteiger partial charge in [-0.2, -0.15) is 0 Å². The number of esters is 3. The van der Waals surface area contributed by atoms with Gasteiger partial charge in [-0.1, -0.05) is 271 Å². The molecule has 19 unspecified atom stereocenters. The van der Waals surface area contributed by atoms with Crippen molar-refractivity contribution in [3.05, 3.63) is 24.3 Å². The van der Waals surface area contributed by atoms with Crippen LogP contribution >= 0.6 is 7.82 Å². The lowest BCUT2D eigenvalue weighted by atomic mass is 9.84. The van der Waals surface area contributed by atoms with E-state index in [1.807, 2.05) is 6.08 Å². The molecule has 2 aliphatic heterocycles. The Labute approximate surface area is 592 Å². The van der Waals surface area contributed by atoms with Crippen molar-refractivity contribution in [2.75, 3.05) is 26.4 Å². The molecule has 0 spiro atoms. The zero-order chi connectivity index (χ0) is 72.6. The second kappa shape index (κ2) is 55.0. The second-order valence-corrected chi connectivity index (χ2v) is 29.5. The number of unbranched alkanes of at least 4 members (excludes halogenated alkanes) is 33. The van der Waals surface area contributed by atoms with Crippen molar-refractivity contribution >= 4 is 25.7 Å². The van der Waals surface area contributed by atoms with Crippen molar-refractivity contribution in [1.82, 2.24) is 0 Å². The number of aliphatic hydroxyl groups is 10. The highest BCUT2D eigenvalue weighted by atomic mass is 31.2. The van der Waals surface area contributed by atoms with Crippen LogP contribution in [0.2, 0.25) is 0 Å². The molecule has 19 atom stereocenters. The number of carbonyl (C=O) groups is 3. The molecular weight excluding hydrogens is 1300 g/mol. The minimum Gasteiger partial charge on any atom is -0.463 e. The molecule has 2 heterocycles. The van der Waals surface area contributed by atoms with E-state index in [0.717, 1.165) is 96.0 Å². The first-order valence-corrected chi connectivity index (χ1v) is 40.0. The SMILES string of the molecule is CCCCCCCCCCCCC/C=C/C=C/C(=O)OCC(COP(=O)(O)OC1C(OC2OC(CO)C(O)C(O)C2O)C(O)C(O)C(O)C1OC1OC(COC(=O)CCCCCCCCCCCCCCC)C(O)C(O)C1O)OC(=O)CCCCCCCCC(C)CCCCCCCC. The van der Waals surface area contributed by atoms with Crippen LogP contribution in [0.4, 0.5) is 0 Å². The van der Waals surface area contributed by atoms with E-state index in [1.54, 1.807) is 6.08 Å². The highest BCUT2D eigenvalue weighted by Gasteiger charge is 2.58. The number of hydrogen-bond donors (Lipinski definition) is 11. The van der Waals surface area contributed by atoms with Crippen LogP contribution in [0.15, 0.2) is 24.3 Å². The van der Waals surface area contributed by atoms with Crippen molar-refractivity contribution in [2.45, 2.75) is 395 Å². The fourth-order valence-corrected chi connectivity index (χ4v) is 13.8. The van der Waals surface area contributed by atoms with Gasteiger partial charge in [-0.05, 0) is 31.6 Å². The summed E-state index contributed by atoms with van der Waals surface area (Å²) in [5.41, 5.74) is 0. The van der Waals surface area contributed by atoms with E-state index in [2.05, 4.69) is 27.7 Å². The molecule has 3 aliphatic rings. The monoisotopic (exact) mass is 1440 g/mol. The fraction of sp³-hybridized carbons (Fsp3) is 0.905. The lowest BCUT2D eigenvalue weighted by Gasteiger charge is -2.49. The van der Waals surface area contributed by atoms with Gasteiger partial charge in [0.05, 0.1) is 13.2 Å². The number of allylic oxidation sites excluding steroid dienone is 3. The van der Waals surface area contributed by atoms with Crippen molar-refractivity contribution in [3.8, 4) is 0 Å². The van der Waals surface area contributed by atoms with E-state index in [0.29, 0.717) is 18.8 Å². The maximum atomic E-state index is 14.3. The summed E-state index contributed by atoms with van der Waals surface area (Å²) in [5, 5.41) is 110. The summed E-state index contributed by atoms with van der Waals surface area (Å²) in [7, 11) is -5.72. The first-order valence-electron chi connectivity index (χ1n) is 38.6. The Kier molecular flexibility index (Phi) is 50.3. The third-order valence-corrected chi connectivity index (χ3v) is 20.2. The average Bonchev–Trinajstić information content (AvgIpc) is 0.761. The van der Waals surface area contributed by atoms with Gasteiger partial charge < -0.3 is 89.1 Å². The largest absolute Gasteiger partial charge is 0.472 e. The predicted octanol–water partition coefficient (Wildman–Crippen LogP) is 10.8. The highest BCUT2D eigenvalue weighted by Crippen LogP contribution is 2.49. The van der Waals surface area contributed by atoms with Crippen molar-refractivity contribution in [2.24, 2.45) is 5.92 Å². The maximum Gasteiger partial charge on any atom is 0.472 e. The van der Waals surface area contributed by atoms with Crippen LogP contribution < -0.4 is 0 Å². The molecule has 2 saturated heterocycles. The van der Waals surface area contributed by atoms with Crippen LogP contribution in [0.3, 0.4) is 0 Å². The van der Waals surface area contributed by atoms with Gasteiger partial charge in [0, 0.05) is 18.9 Å². The molecule has 25 heteroatoms. The van der Waals surface area contributed by atoms with Crippen LogP contribution in [0.25, 0.3) is 0 Å². The Bertz CT molecular complexity index is 2160. The summed E-state index contributed by atoms with van der Waals surface area (Å²) >= 11 is 0. The Morgan fingerprint density at radius 2 is 0.838 bits per heavy atom. The highest BCUT2D eigenvalue weighted by molar-refractivity contribution is 7.47. The average molecular weight is 1440 g/mol. The molecule has 99 heavy (non-hydrogen) atoms. The van der Waals surface area contributed by atoms with E-state index in [4.69, 9.17) is 42.2 Å². The van der Waals surface area contributed by atoms with Crippen molar-refractivity contribution in [3.63, 3.8) is 0 Å². The van der Waals surface area contributed by atoms with Crippen LogP contribution in [-0.4, -0.2) is 204 Å². The summed E-state index contributed by atoms with van der Waals surface area (Å²) in [6.07, 6.45) is 14.6. The van der Waals surface area contributed by atoms with E-state index < -0.39 is 156 Å². The minimum atomic E-state index is -5.72. The van der Waals surface area contributed by atoms with E-state index in [9.17, 15) is 74.9 Å². The minimum absolute atomic E-state index is 0.0283. The van der Waals surface area contributed by atoms with Gasteiger partial charge in [0.1, 0.15) is 98.7 Å². The van der Waals surface area contributed by atoms with Crippen LogP contribution in [0.5, 0.6) is 0 Å². The number of aliphatic hydroxyl groups excluding tert-OH is 10. The smallest absolute Gasteiger partial charge is 0.463 e. The number of phosphoric acid groups is 1. The Balaban J connectivity index is 1.76. The first kappa shape index (κ1) is 90.7. The van der Waals surface area contributed by atoms with E-state index in [1.165, 1.54) is 154 Å². The van der Waals surface area contributed by atoms with Crippen LogP contribution in [-0.2, 0) is 61.2 Å². The zero-order valence-electron chi connectivity index (χ0n) is 60.7. The van der Waals surface area contributed by atoms with Gasteiger partial charge in [0.25, 0.3) is 0 Å². The number of carbonyl (C=O) groups excluding carboxylic acids is 3. The van der Waals surface area contributed by atoms with Crippen molar-refractivity contribution in [1.29, 1.82) is 0 Å². The van der Waals surface area contributed by atoms with Gasteiger partial charge in [0.2, 0.25) is 0 Å². The molecule has 1 aliphatic carbocycles. The first-order chi connectivity index (χ1) is 47.7. The molecule has 0 amide bonds. The third kappa shape index (κ3) is 38.3. The molecule has 0 aromatic rings. The normalized spacial score (nSPS) is 27.9. The van der Waals surface area contributed by atoms with Gasteiger partial charge in [-0.15, -0.1) is 0 Å². The molecule has 0 radical (unpaired) electrons. The van der Waals surface area contributed by atoms with Gasteiger partial charge >= 0.3 is 25.7 Å². The molecule has 3 fully saturated rings. The predicted molar refractivity (Wildman–Crippen MR) is 374 cm³/mol. The fourth-order valence-electron chi connectivity index (χ4n) is 12.9. The quantitative estimate of drug-likeness (QED) is 0.00673. The summed E-state index contributed by atoms with van der Waals surface area (Å²) < 4.78 is 64.9. The van der Waals surface area contributed by atoms with Crippen molar-refractivity contribution < 1.29 is 117 Å². The molecule has 1 saturated carbocycles. The standard InChI is InChI=1S/C74H135O24P/c1-5-8-11-14-17-19-21-23-24-26-28-29-31-37-42-47-58(76)90-51-55(93-60(78)49-44-39-34-33-36-41-46-54(4)45-40-35-16-13-10-7-3)52-92-99(88,89)98-72-70(96-73-68(86)63(81)61(79)56(50-75)94-73)66(84)65(83)67(85)71(72)97-74-69(87)64(82)62(80)57(95-74)53-91-59(77)48-43-38-32-30-27-25-22-20-18-15-12-9-6-2/h31,37,42,47,54-57,61-75,79-87H,5-30,32-36,38-41,43-46,48-53H2,1-4H3,(H,88,89)/b37-31+,47-42+. The lowest BCUT2D eigenvalue weighted by Crippen LogP contribution is -2.69. The van der Waals surface area contributed by atoms with Gasteiger partial charge in [-0.3, -0.25) is 18.6 Å². The summed E-state index contributed by atoms with van der Waals surface area (Å²) in [6, 6.07) is 0. The Morgan fingerprint density at radius 1 is 0.444 bits per heavy atom. The molecule has 0 aromatic carbocycles. The molecule has 0 bridgehead atoms. The summed E-state index contributed by atoms with van der Waals surface area (Å²) in [4.78, 5) is 50.9. The number of rotatable bonds is 59. The Morgan fingerprint density at radius 3 is 1.29 bits per heavy atom. The third-order valence-electron chi connectivity index (χ3n) is 19.2. The second-order valence-electron chi connectivity index (χ2n) is 28.1. The lowest BCUT2D eigenvalue weighted by molar-refractivity contribution is -0.360. The number of hydrogen-bond acceptors (Lipinski definition) is 23. The van der Waals surface area contributed by atoms with Gasteiger partial charge in [-0.25, -0.2) is 9.36 Å². The number of ether oxygens (including phenoxy) is 7. The van der Waals surface area contributed by atoms with E-state index in [-0.39, 0.29) is 12.8 Å². The summed E-state index contributed by atoms with van der Waals surface area (Å²) in [6.45, 7) is 5.65. The molecule has 0 aromatic heterocycles. The Hall–Kier alpha value is -2.56. The topological polar surface area (TPSA) is 374 Å². The maximum absolute atomic E-state index is 14.3. The summed E-state index contributed by atoms with van der Waals surface area (Å²) in [5.74, 6) is -1.57. The molecular formula is C74H135O24P. The van der Waals surface area contributed by atoms with Crippen LogP contribution in [0, 0.1) is 5.92 Å².